The largest absolute Gasteiger partial charge is 0.494 e. The van der Waals surface area contributed by atoms with Crippen LogP contribution in [0.15, 0.2) is 24.8 Å². The molecule has 0 aliphatic carbocycles. The van der Waals surface area contributed by atoms with Crippen LogP contribution in [0.2, 0.25) is 0 Å². The Balaban J connectivity index is 2.57. The van der Waals surface area contributed by atoms with Crippen molar-refractivity contribution in [3.8, 4) is 5.75 Å². The summed E-state index contributed by atoms with van der Waals surface area (Å²) in [5, 5.41) is 0. The molecule has 3 rings (SSSR count). The van der Waals surface area contributed by atoms with Crippen LogP contribution in [0.5, 0.6) is 5.75 Å². The molecule has 0 bridgehead atoms. The minimum absolute atomic E-state index is 0.413. The van der Waals surface area contributed by atoms with Gasteiger partial charge in [0.15, 0.2) is 11.2 Å². The number of imidazole rings is 1. The molecule has 0 saturated heterocycles. The molecule has 6 nitrogen and oxygen atoms in total. The quantitative estimate of drug-likeness (QED) is 0.651. The Bertz CT molecular complexity index is 675. The Morgan fingerprint density at radius 3 is 3.12 bits per heavy atom. The van der Waals surface area contributed by atoms with Crippen LogP contribution in [0.25, 0.3) is 16.7 Å². The van der Waals surface area contributed by atoms with Crippen molar-refractivity contribution in [1.29, 1.82) is 0 Å². The second-order valence-electron chi connectivity index (χ2n) is 3.33. The molecule has 0 unspecified atom stereocenters. The lowest BCUT2D eigenvalue weighted by molar-refractivity contribution is 0.418. The number of fused-ring (bicyclic) bond motifs is 3. The number of nitrogen functional groups attached to an aromatic ring is 1. The predicted molar refractivity (Wildman–Crippen MR) is 59.3 cm³/mol. The number of anilines is 1. The zero-order chi connectivity index (χ0) is 11.1. The summed E-state index contributed by atoms with van der Waals surface area (Å²) in [4.78, 5) is 12.6. The fourth-order valence-electron chi connectivity index (χ4n) is 1.70. The first-order valence-corrected chi connectivity index (χ1v) is 4.71. The van der Waals surface area contributed by atoms with E-state index in [-0.39, 0.29) is 0 Å². The van der Waals surface area contributed by atoms with Crippen LogP contribution in [-0.4, -0.2) is 26.5 Å². The molecule has 0 aliphatic heterocycles. The van der Waals surface area contributed by atoms with Crippen molar-refractivity contribution in [2.24, 2.45) is 0 Å². The summed E-state index contributed by atoms with van der Waals surface area (Å²) in [5.74, 6) is 1.06. The number of nitrogens with two attached hydrogens (primary N) is 1. The van der Waals surface area contributed by atoms with Gasteiger partial charge in [0.25, 0.3) is 0 Å². The zero-order valence-corrected chi connectivity index (χ0v) is 8.58. The van der Waals surface area contributed by atoms with Crippen molar-refractivity contribution in [2.45, 2.75) is 0 Å². The van der Waals surface area contributed by atoms with E-state index in [1.54, 1.807) is 36.3 Å². The smallest absolute Gasteiger partial charge is 0.168 e. The second-order valence-corrected chi connectivity index (χ2v) is 3.33. The Hall–Kier alpha value is -2.37. The number of nitrogens with zero attached hydrogens (tertiary/aromatic N) is 4. The highest BCUT2D eigenvalue weighted by molar-refractivity contribution is 5.84. The van der Waals surface area contributed by atoms with E-state index in [0.29, 0.717) is 22.7 Å². The van der Waals surface area contributed by atoms with Crippen molar-refractivity contribution in [1.82, 2.24) is 19.4 Å². The number of methoxy groups -OCH3 is 1. The van der Waals surface area contributed by atoms with E-state index >= 15 is 0 Å². The van der Waals surface area contributed by atoms with Gasteiger partial charge in [0.05, 0.1) is 13.3 Å². The Morgan fingerprint density at radius 2 is 2.31 bits per heavy atom. The topological polar surface area (TPSA) is 78.3 Å². The summed E-state index contributed by atoms with van der Waals surface area (Å²) in [6.45, 7) is 0. The molecule has 0 spiro atoms. The van der Waals surface area contributed by atoms with E-state index in [1.807, 2.05) is 0 Å². The molecular weight excluding hydrogens is 206 g/mol. The van der Waals surface area contributed by atoms with Gasteiger partial charge >= 0.3 is 0 Å². The first-order valence-electron chi connectivity index (χ1n) is 4.71. The molecule has 16 heavy (non-hydrogen) atoms. The Labute approximate surface area is 90.7 Å². The van der Waals surface area contributed by atoms with Gasteiger partial charge in [0.2, 0.25) is 0 Å². The molecular formula is C10H9N5O. The van der Waals surface area contributed by atoms with Gasteiger partial charge in [-0.05, 0) is 0 Å². The van der Waals surface area contributed by atoms with E-state index in [9.17, 15) is 0 Å². The molecule has 3 aromatic rings. The lowest BCUT2D eigenvalue weighted by Crippen LogP contribution is -2.00. The highest BCUT2D eigenvalue weighted by Gasteiger charge is 2.10. The van der Waals surface area contributed by atoms with Crippen molar-refractivity contribution < 1.29 is 4.74 Å². The molecule has 0 aromatic carbocycles. The summed E-state index contributed by atoms with van der Waals surface area (Å²) >= 11 is 0. The third kappa shape index (κ3) is 1.04. The van der Waals surface area contributed by atoms with Gasteiger partial charge in [-0.25, -0.2) is 15.0 Å². The summed E-state index contributed by atoms with van der Waals surface area (Å²) in [6, 6.07) is 1.75. The average molecular weight is 215 g/mol. The van der Waals surface area contributed by atoms with E-state index in [2.05, 4.69) is 15.0 Å². The van der Waals surface area contributed by atoms with Gasteiger partial charge in [0, 0.05) is 12.3 Å². The summed E-state index contributed by atoms with van der Waals surface area (Å²) in [7, 11) is 1.59. The standard InChI is InChI=1S/C10H9N5O/c1-16-7-2-3-13-10-8(7)14-9(11)6-4-12-5-15(6)10/h2-5H,1H3,(H2,11,14). The van der Waals surface area contributed by atoms with Gasteiger partial charge in [-0.3, -0.25) is 4.40 Å². The maximum absolute atomic E-state index is 5.84. The zero-order valence-electron chi connectivity index (χ0n) is 8.58. The molecule has 0 fully saturated rings. The summed E-state index contributed by atoms with van der Waals surface area (Å²) in [5.41, 5.74) is 7.89. The summed E-state index contributed by atoms with van der Waals surface area (Å²) < 4.78 is 7.01. The normalized spacial score (nSPS) is 11.1. The van der Waals surface area contributed by atoms with Crippen molar-refractivity contribution in [3.63, 3.8) is 0 Å². The maximum atomic E-state index is 5.84. The lowest BCUT2D eigenvalue weighted by Gasteiger charge is -2.06. The average Bonchev–Trinajstić information content (AvgIpc) is 2.78. The van der Waals surface area contributed by atoms with Crippen LogP contribution >= 0.6 is 0 Å². The van der Waals surface area contributed by atoms with Crippen LogP contribution in [0.1, 0.15) is 0 Å². The molecule has 0 radical (unpaired) electrons. The van der Waals surface area contributed by atoms with Crippen LogP contribution in [0, 0.1) is 0 Å². The molecule has 0 aliphatic rings. The highest BCUT2D eigenvalue weighted by Crippen LogP contribution is 2.24. The van der Waals surface area contributed by atoms with E-state index in [0.717, 1.165) is 5.52 Å². The predicted octanol–water partition coefficient (Wildman–Crippen LogP) is 0.868. The second kappa shape index (κ2) is 3.06. The molecule has 2 N–H and O–H groups in total. The third-order valence-electron chi connectivity index (χ3n) is 2.45. The molecule has 3 heterocycles. The monoisotopic (exact) mass is 215 g/mol. The SMILES string of the molecule is COc1ccnc2c1nc(N)c1cncn12. The molecule has 3 aromatic heterocycles. The van der Waals surface area contributed by atoms with Gasteiger partial charge in [-0.15, -0.1) is 0 Å². The fourth-order valence-corrected chi connectivity index (χ4v) is 1.70. The first kappa shape index (κ1) is 8.90. The Morgan fingerprint density at radius 1 is 1.44 bits per heavy atom. The van der Waals surface area contributed by atoms with E-state index in [1.165, 1.54) is 0 Å². The summed E-state index contributed by atoms with van der Waals surface area (Å²) in [6.07, 6.45) is 4.98. The van der Waals surface area contributed by atoms with E-state index in [4.69, 9.17) is 10.5 Å². The van der Waals surface area contributed by atoms with E-state index < -0.39 is 0 Å². The van der Waals surface area contributed by atoms with Gasteiger partial charge in [-0.2, -0.15) is 0 Å². The molecule has 0 amide bonds. The van der Waals surface area contributed by atoms with Crippen LogP contribution in [0.4, 0.5) is 5.82 Å². The molecule has 80 valence electrons. The van der Waals surface area contributed by atoms with Crippen molar-refractivity contribution >= 4 is 22.5 Å². The minimum atomic E-state index is 0.413. The third-order valence-corrected chi connectivity index (χ3v) is 2.45. The maximum Gasteiger partial charge on any atom is 0.168 e. The number of ether oxygens (including phenoxy) is 1. The van der Waals surface area contributed by atoms with Crippen LogP contribution in [-0.2, 0) is 0 Å². The first-order chi connectivity index (χ1) is 7.81. The minimum Gasteiger partial charge on any atom is -0.494 e. The van der Waals surface area contributed by atoms with Crippen LogP contribution < -0.4 is 10.5 Å². The van der Waals surface area contributed by atoms with Crippen molar-refractivity contribution in [3.05, 3.63) is 24.8 Å². The highest BCUT2D eigenvalue weighted by atomic mass is 16.5. The molecule has 0 atom stereocenters. The molecule has 0 saturated carbocycles. The van der Waals surface area contributed by atoms with Crippen molar-refractivity contribution in [2.75, 3.05) is 12.8 Å². The Kier molecular flexibility index (Phi) is 1.70. The lowest BCUT2D eigenvalue weighted by atomic mass is 10.3. The number of pyridine rings is 1. The van der Waals surface area contributed by atoms with Gasteiger partial charge < -0.3 is 10.5 Å². The molecule has 6 heteroatoms. The number of aromatic nitrogens is 4. The van der Waals surface area contributed by atoms with Crippen LogP contribution in [0.3, 0.4) is 0 Å². The number of hydrogen-bond donors (Lipinski definition) is 1. The number of rotatable bonds is 1. The van der Waals surface area contributed by atoms with Gasteiger partial charge in [-0.1, -0.05) is 0 Å². The fraction of sp³-hybridized carbons (Fsp3) is 0.100. The van der Waals surface area contributed by atoms with Gasteiger partial charge in [0.1, 0.15) is 23.4 Å². The number of hydrogen-bond acceptors (Lipinski definition) is 5.